The first kappa shape index (κ1) is 17.7. The molecule has 1 aliphatic rings. The summed E-state index contributed by atoms with van der Waals surface area (Å²) in [4.78, 5) is 17.0. The number of urea groups is 1. The van der Waals surface area contributed by atoms with E-state index in [2.05, 4.69) is 33.5 Å². The fourth-order valence-corrected chi connectivity index (χ4v) is 4.10. The zero-order chi connectivity index (χ0) is 18.5. The number of carbonyl (C=O) groups excluding carboxylic acids is 1. The van der Waals surface area contributed by atoms with Gasteiger partial charge in [-0.3, -0.25) is 0 Å². The van der Waals surface area contributed by atoms with Crippen molar-refractivity contribution in [2.45, 2.75) is 24.5 Å². The van der Waals surface area contributed by atoms with Gasteiger partial charge in [-0.05, 0) is 24.5 Å². The van der Waals surface area contributed by atoms with Gasteiger partial charge in [-0.2, -0.15) is 0 Å². The Kier molecular flexibility index (Phi) is 5.44. The van der Waals surface area contributed by atoms with Gasteiger partial charge < -0.3 is 15.2 Å². The van der Waals surface area contributed by atoms with Crippen LogP contribution in [-0.2, 0) is 13.0 Å². The maximum Gasteiger partial charge on any atom is 0.319 e. The number of hydrogen-bond acceptors (Lipinski definition) is 3. The number of amides is 2. The Morgan fingerprint density at radius 1 is 1.11 bits per heavy atom. The molecule has 0 atom stereocenters. The number of nitrogens with zero attached hydrogens (tertiary/aromatic N) is 2. The molecule has 27 heavy (non-hydrogen) atoms. The Morgan fingerprint density at radius 3 is 2.78 bits per heavy atom. The molecule has 0 bridgehead atoms. The van der Waals surface area contributed by atoms with Crippen LogP contribution in [0.25, 0.3) is 11.3 Å². The third kappa shape index (κ3) is 4.34. The van der Waals surface area contributed by atoms with Gasteiger partial charge in [-0.1, -0.05) is 60.3 Å². The van der Waals surface area contributed by atoms with Gasteiger partial charge in [-0.15, -0.1) is 0 Å². The summed E-state index contributed by atoms with van der Waals surface area (Å²) in [5.41, 5.74) is 3.91. The lowest BCUT2D eigenvalue weighted by Crippen LogP contribution is -2.30. The van der Waals surface area contributed by atoms with Crippen LogP contribution < -0.4 is 10.6 Å². The molecular formula is C21H22N4OS. The molecule has 5 nitrogen and oxygen atoms in total. The van der Waals surface area contributed by atoms with E-state index in [0.29, 0.717) is 6.54 Å². The molecule has 2 aromatic carbocycles. The molecule has 6 heteroatoms. The summed E-state index contributed by atoms with van der Waals surface area (Å²) >= 11 is 1.77. The van der Waals surface area contributed by atoms with Gasteiger partial charge in [0.25, 0.3) is 0 Å². The molecule has 3 aromatic rings. The van der Waals surface area contributed by atoms with Crippen molar-refractivity contribution in [3.05, 3.63) is 66.4 Å². The molecule has 2 N–H and O–H groups in total. The summed E-state index contributed by atoms with van der Waals surface area (Å²) in [6.45, 7) is 1.63. The molecule has 0 fully saturated rings. The van der Waals surface area contributed by atoms with E-state index in [4.69, 9.17) is 4.98 Å². The number of fused-ring (bicyclic) bond motifs is 1. The third-order valence-corrected chi connectivity index (χ3v) is 5.50. The fourth-order valence-electron chi connectivity index (χ4n) is 3.16. The minimum absolute atomic E-state index is 0.184. The lowest BCUT2D eigenvalue weighted by molar-refractivity contribution is 0.252. The van der Waals surface area contributed by atoms with E-state index < -0.39 is 0 Å². The Balaban J connectivity index is 1.34. The van der Waals surface area contributed by atoms with Gasteiger partial charge in [0.1, 0.15) is 0 Å². The van der Waals surface area contributed by atoms with Crippen LogP contribution in [0.15, 0.2) is 66.0 Å². The molecule has 0 radical (unpaired) electrons. The summed E-state index contributed by atoms with van der Waals surface area (Å²) in [5.74, 6) is 1.08. The van der Waals surface area contributed by atoms with Crippen LogP contribution in [0.1, 0.15) is 12.0 Å². The lowest BCUT2D eigenvalue weighted by Gasteiger charge is -2.11. The maximum absolute atomic E-state index is 12.3. The van der Waals surface area contributed by atoms with Crippen LogP contribution in [0, 0.1) is 0 Å². The summed E-state index contributed by atoms with van der Waals surface area (Å²) < 4.78 is 2.17. The molecule has 0 saturated carbocycles. The zero-order valence-corrected chi connectivity index (χ0v) is 15.8. The molecule has 2 amide bonds. The quantitative estimate of drug-likeness (QED) is 0.625. The van der Waals surface area contributed by atoms with Crippen molar-refractivity contribution < 1.29 is 4.79 Å². The number of imidazole rings is 1. The van der Waals surface area contributed by atoms with E-state index >= 15 is 0 Å². The largest absolute Gasteiger partial charge is 0.338 e. The van der Waals surface area contributed by atoms with Crippen molar-refractivity contribution in [3.63, 3.8) is 0 Å². The van der Waals surface area contributed by atoms with Crippen LogP contribution in [0.2, 0.25) is 0 Å². The predicted molar refractivity (Wildman–Crippen MR) is 110 cm³/mol. The molecule has 0 spiro atoms. The van der Waals surface area contributed by atoms with Crippen LogP contribution in [0.4, 0.5) is 10.5 Å². The van der Waals surface area contributed by atoms with Crippen molar-refractivity contribution in [3.8, 4) is 11.3 Å². The van der Waals surface area contributed by atoms with Crippen LogP contribution in [0.3, 0.4) is 0 Å². The van der Waals surface area contributed by atoms with E-state index in [1.54, 1.807) is 11.8 Å². The maximum atomic E-state index is 12.3. The van der Waals surface area contributed by atoms with Gasteiger partial charge >= 0.3 is 6.03 Å². The standard InChI is InChI=1S/C21H22N4OS/c26-20(22-12-6-9-16-7-2-1-3-8-16)23-18-11-5-4-10-17(18)19-15-25-13-14-27-21(25)24-19/h1-5,7-8,10-11,15H,6,9,12-14H2,(H2,22,23,26). The lowest BCUT2D eigenvalue weighted by atomic mass is 10.1. The minimum Gasteiger partial charge on any atom is -0.338 e. The van der Waals surface area contributed by atoms with Crippen LogP contribution in [0.5, 0.6) is 0 Å². The van der Waals surface area contributed by atoms with Crippen molar-refractivity contribution in [2.24, 2.45) is 0 Å². The van der Waals surface area contributed by atoms with Gasteiger partial charge in [0, 0.05) is 30.6 Å². The highest BCUT2D eigenvalue weighted by Gasteiger charge is 2.17. The number of para-hydroxylation sites is 1. The number of nitrogens with one attached hydrogen (secondary N) is 2. The molecule has 1 aliphatic heterocycles. The van der Waals surface area contributed by atoms with E-state index in [1.807, 2.05) is 42.5 Å². The average Bonchev–Trinajstić information content (AvgIpc) is 3.29. The van der Waals surface area contributed by atoms with Crippen molar-refractivity contribution >= 4 is 23.5 Å². The van der Waals surface area contributed by atoms with Gasteiger partial charge in [0.2, 0.25) is 0 Å². The summed E-state index contributed by atoms with van der Waals surface area (Å²) in [6.07, 6.45) is 3.92. The first-order chi connectivity index (χ1) is 13.3. The molecule has 138 valence electrons. The Hall–Kier alpha value is -2.73. The summed E-state index contributed by atoms with van der Waals surface area (Å²) in [6, 6.07) is 17.9. The van der Waals surface area contributed by atoms with E-state index in [1.165, 1.54) is 5.56 Å². The van der Waals surface area contributed by atoms with Gasteiger partial charge in [-0.25, -0.2) is 9.78 Å². The molecule has 2 heterocycles. The highest BCUT2D eigenvalue weighted by molar-refractivity contribution is 7.99. The Labute approximate surface area is 163 Å². The fraction of sp³-hybridized carbons (Fsp3) is 0.238. The average molecular weight is 379 g/mol. The topological polar surface area (TPSA) is 59.0 Å². The van der Waals surface area contributed by atoms with E-state index in [0.717, 1.165) is 47.2 Å². The molecule has 1 aromatic heterocycles. The second-order valence-electron chi connectivity index (χ2n) is 6.47. The third-order valence-electron chi connectivity index (χ3n) is 4.53. The summed E-state index contributed by atoms with van der Waals surface area (Å²) in [7, 11) is 0. The van der Waals surface area contributed by atoms with Crippen molar-refractivity contribution in [1.29, 1.82) is 0 Å². The van der Waals surface area contributed by atoms with Crippen molar-refractivity contribution in [1.82, 2.24) is 14.9 Å². The number of anilines is 1. The van der Waals surface area contributed by atoms with Gasteiger partial charge in [0.15, 0.2) is 5.16 Å². The SMILES string of the molecule is O=C(NCCCc1ccccc1)Nc1ccccc1-c1cn2c(n1)SCC2. The smallest absolute Gasteiger partial charge is 0.319 e. The Bertz CT molecular complexity index is 901. The van der Waals surface area contributed by atoms with E-state index in [9.17, 15) is 4.79 Å². The first-order valence-corrected chi connectivity index (χ1v) is 10.2. The number of hydrogen-bond donors (Lipinski definition) is 2. The highest BCUT2D eigenvalue weighted by atomic mass is 32.2. The first-order valence-electron chi connectivity index (χ1n) is 9.18. The van der Waals surface area contributed by atoms with Gasteiger partial charge in [0.05, 0.1) is 11.4 Å². The van der Waals surface area contributed by atoms with Crippen LogP contribution in [-0.4, -0.2) is 27.9 Å². The number of rotatable bonds is 6. The molecule has 0 saturated heterocycles. The minimum atomic E-state index is -0.184. The van der Waals surface area contributed by atoms with Crippen LogP contribution >= 0.6 is 11.8 Å². The predicted octanol–water partition coefficient (Wildman–Crippen LogP) is 4.41. The van der Waals surface area contributed by atoms with E-state index in [-0.39, 0.29) is 6.03 Å². The molecule has 0 unspecified atom stereocenters. The number of thioether (sulfide) groups is 1. The number of aryl methyl sites for hydroxylation is 2. The zero-order valence-electron chi connectivity index (χ0n) is 15.0. The number of carbonyl (C=O) groups is 1. The normalized spacial score (nSPS) is 12.6. The Morgan fingerprint density at radius 2 is 1.93 bits per heavy atom. The monoisotopic (exact) mass is 378 g/mol. The van der Waals surface area contributed by atoms with Crippen molar-refractivity contribution in [2.75, 3.05) is 17.6 Å². The second kappa shape index (κ2) is 8.31. The number of benzene rings is 2. The molecule has 0 aliphatic carbocycles. The summed E-state index contributed by atoms with van der Waals surface area (Å²) in [5, 5.41) is 6.95. The molecular weight excluding hydrogens is 356 g/mol. The highest BCUT2D eigenvalue weighted by Crippen LogP contribution is 2.32. The molecule has 4 rings (SSSR count). The second-order valence-corrected chi connectivity index (χ2v) is 7.53. The number of aromatic nitrogens is 2.